The maximum Gasteiger partial charge on any atom is 0.320 e. The van der Waals surface area contributed by atoms with Crippen LogP contribution in [-0.2, 0) is 0 Å². The van der Waals surface area contributed by atoms with E-state index in [1.165, 1.54) is 0 Å². The van der Waals surface area contributed by atoms with Crippen LogP contribution in [0.3, 0.4) is 0 Å². The topological polar surface area (TPSA) is 85.3 Å². The van der Waals surface area contributed by atoms with E-state index in [2.05, 4.69) is 15.2 Å². The first kappa shape index (κ1) is 16.4. The Hall–Kier alpha value is -2.41. The number of urea groups is 1. The molecule has 24 heavy (non-hydrogen) atoms. The highest BCUT2D eigenvalue weighted by molar-refractivity contribution is 5.75. The summed E-state index contributed by atoms with van der Waals surface area (Å²) >= 11 is 0. The summed E-state index contributed by atoms with van der Waals surface area (Å²) in [6.45, 7) is 3.03. The van der Waals surface area contributed by atoms with Crippen LogP contribution in [0.25, 0.3) is 11.4 Å². The van der Waals surface area contributed by atoms with Crippen LogP contribution >= 0.6 is 0 Å². The summed E-state index contributed by atoms with van der Waals surface area (Å²) in [4.78, 5) is 20.5. The lowest BCUT2D eigenvalue weighted by molar-refractivity contribution is 0.145. The van der Waals surface area contributed by atoms with E-state index in [1.54, 1.807) is 16.8 Å². The molecule has 0 unspecified atom stereocenters. The van der Waals surface area contributed by atoms with E-state index in [0.717, 1.165) is 12.0 Å². The monoisotopic (exact) mass is 329 g/mol. The molecule has 128 valence electrons. The number of aromatic amines is 1. The number of aromatic nitrogens is 3. The number of benzene rings is 1. The van der Waals surface area contributed by atoms with Gasteiger partial charge in [0.2, 0.25) is 0 Å². The summed E-state index contributed by atoms with van der Waals surface area (Å²) in [6.07, 6.45) is 0.818. The maximum atomic E-state index is 12.6. The summed E-state index contributed by atoms with van der Waals surface area (Å²) in [7, 11) is 1.78. The minimum absolute atomic E-state index is 0.0870. The number of hydrogen-bond donors (Lipinski definition) is 2. The van der Waals surface area contributed by atoms with Crippen LogP contribution in [0.4, 0.5) is 4.79 Å². The van der Waals surface area contributed by atoms with Crippen LogP contribution in [0.5, 0.6) is 0 Å². The molecule has 2 N–H and O–H groups in total. The highest BCUT2D eigenvalue weighted by Gasteiger charge is 2.38. The SMILES string of the molecule is CCCN(C)C(=O)N1C[C@H](O)C[C@H]1c1nc(-c2ccccc2)n[nH]1. The molecule has 2 atom stereocenters. The number of H-pyrrole nitrogens is 1. The molecule has 1 aromatic carbocycles. The summed E-state index contributed by atoms with van der Waals surface area (Å²) in [5.74, 6) is 1.21. The van der Waals surface area contributed by atoms with E-state index in [4.69, 9.17) is 0 Å². The summed E-state index contributed by atoms with van der Waals surface area (Å²) in [5, 5.41) is 17.2. The molecule has 7 heteroatoms. The van der Waals surface area contributed by atoms with Crippen molar-refractivity contribution < 1.29 is 9.90 Å². The van der Waals surface area contributed by atoms with Crippen molar-refractivity contribution in [3.63, 3.8) is 0 Å². The number of aliphatic hydroxyl groups excluding tert-OH is 1. The van der Waals surface area contributed by atoms with E-state index < -0.39 is 6.10 Å². The first-order valence-corrected chi connectivity index (χ1v) is 8.27. The fourth-order valence-electron chi connectivity index (χ4n) is 3.07. The summed E-state index contributed by atoms with van der Waals surface area (Å²) < 4.78 is 0. The molecule has 7 nitrogen and oxygen atoms in total. The van der Waals surface area contributed by atoms with Crippen LogP contribution in [0.2, 0.25) is 0 Å². The number of β-amino-alcohol motifs (C(OH)–C–C–N with tert-alkyl or cyclic N) is 1. The van der Waals surface area contributed by atoms with Gasteiger partial charge >= 0.3 is 6.03 Å². The second kappa shape index (κ2) is 7.00. The van der Waals surface area contributed by atoms with Gasteiger partial charge in [0.05, 0.1) is 12.1 Å². The number of hydrogen-bond acceptors (Lipinski definition) is 4. The number of carbonyl (C=O) groups is 1. The molecule has 2 heterocycles. The van der Waals surface area contributed by atoms with Gasteiger partial charge in [-0.25, -0.2) is 9.78 Å². The number of nitrogens with zero attached hydrogens (tertiary/aromatic N) is 4. The van der Waals surface area contributed by atoms with Gasteiger partial charge in [0.25, 0.3) is 0 Å². The lowest BCUT2D eigenvalue weighted by Gasteiger charge is -2.28. The summed E-state index contributed by atoms with van der Waals surface area (Å²) in [6, 6.07) is 9.31. The number of carbonyl (C=O) groups excluding carboxylic acids is 1. The Morgan fingerprint density at radius 1 is 1.42 bits per heavy atom. The van der Waals surface area contributed by atoms with E-state index >= 15 is 0 Å². The van der Waals surface area contributed by atoms with Gasteiger partial charge in [-0.3, -0.25) is 5.10 Å². The number of aliphatic hydroxyl groups is 1. The normalized spacial score (nSPS) is 20.4. The molecule has 2 amide bonds. The smallest absolute Gasteiger partial charge is 0.320 e. The highest BCUT2D eigenvalue weighted by Crippen LogP contribution is 2.31. The first-order valence-electron chi connectivity index (χ1n) is 8.27. The van der Waals surface area contributed by atoms with Crippen LogP contribution in [0.1, 0.15) is 31.6 Å². The minimum atomic E-state index is -0.542. The van der Waals surface area contributed by atoms with Crippen LogP contribution in [-0.4, -0.2) is 62.4 Å². The predicted molar refractivity (Wildman–Crippen MR) is 90.2 cm³/mol. The first-order chi connectivity index (χ1) is 11.6. The fourth-order valence-corrected chi connectivity index (χ4v) is 3.07. The molecular weight excluding hydrogens is 306 g/mol. The van der Waals surface area contributed by atoms with Gasteiger partial charge in [-0.15, -0.1) is 0 Å². The van der Waals surface area contributed by atoms with Crippen molar-refractivity contribution in [1.29, 1.82) is 0 Å². The number of nitrogens with one attached hydrogen (secondary N) is 1. The van der Waals surface area contributed by atoms with Gasteiger partial charge < -0.3 is 14.9 Å². The largest absolute Gasteiger partial charge is 0.391 e. The molecule has 1 aliphatic heterocycles. The second-order valence-corrected chi connectivity index (χ2v) is 6.17. The van der Waals surface area contributed by atoms with E-state index in [-0.39, 0.29) is 12.1 Å². The average Bonchev–Trinajstić information content (AvgIpc) is 3.21. The fraction of sp³-hybridized carbons (Fsp3) is 0.471. The van der Waals surface area contributed by atoms with Gasteiger partial charge in [-0.1, -0.05) is 37.3 Å². The second-order valence-electron chi connectivity index (χ2n) is 6.17. The highest BCUT2D eigenvalue weighted by atomic mass is 16.3. The zero-order valence-electron chi connectivity index (χ0n) is 14.0. The molecule has 0 radical (unpaired) electrons. The van der Waals surface area contributed by atoms with Crippen LogP contribution in [0, 0.1) is 0 Å². The van der Waals surface area contributed by atoms with Gasteiger partial charge in [-0.2, -0.15) is 5.10 Å². The van der Waals surface area contributed by atoms with Crippen LogP contribution < -0.4 is 0 Å². The average molecular weight is 329 g/mol. The van der Waals surface area contributed by atoms with Crippen molar-refractivity contribution in [2.75, 3.05) is 20.1 Å². The van der Waals surface area contributed by atoms with Crippen molar-refractivity contribution in [3.05, 3.63) is 36.2 Å². The van der Waals surface area contributed by atoms with Crippen LogP contribution in [0.15, 0.2) is 30.3 Å². The van der Waals surface area contributed by atoms with Gasteiger partial charge in [-0.05, 0) is 6.42 Å². The Morgan fingerprint density at radius 3 is 2.88 bits per heavy atom. The third-order valence-corrected chi connectivity index (χ3v) is 4.26. The Balaban J connectivity index is 1.82. The van der Waals surface area contributed by atoms with Gasteiger partial charge in [0.1, 0.15) is 5.82 Å². The molecule has 1 aromatic heterocycles. The molecule has 0 aliphatic carbocycles. The zero-order valence-corrected chi connectivity index (χ0v) is 14.0. The zero-order chi connectivity index (χ0) is 17.1. The lowest BCUT2D eigenvalue weighted by atomic mass is 10.2. The quantitative estimate of drug-likeness (QED) is 0.899. The molecule has 3 rings (SSSR count). The lowest BCUT2D eigenvalue weighted by Crippen LogP contribution is -2.41. The summed E-state index contributed by atoms with van der Waals surface area (Å²) in [5.41, 5.74) is 0.916. The Morgan fingerprint density at radius 2 is 2.17 bits per heavy atom. The molecule has 1 aliphatic rings. The van der Waals surface area contributed by atoms with E-state index in [1.807, 2.05) is 37.3 Å². The van der Waals surface area contributed by atoms with Gasteiger partial charge in [0, 0.05) is 32.1 Å². The number of rotatable bonds is 4. The Bertz CT molecular complexity index is 687. The third-order valence-electron chi connectivity index (χ3n) is 4.26. The minimum Gasteiger partial charge on any atom is -0.391 e. The van der Waals surface area contributed by atoms with E-state index in [0.29, 0.717) is 31.2 Å². The Labute approximate surface area is 141 Å². The number of amides is 2. The van der Waals surface area contributed by atoms with Crippen molar-refractivity contribution in [3.8, 4) is 11.4 Å². The van der Waals surface area contributed by atoms with Crippen molar-refractivity contribution in [2.24, 2.45) is 0 Å². The molecule has 2 aromatic rings. The third kappa shape index (κ3) is 3.26. The molecule has 1 fully saturated rings. The molecule has 0 spiro atoms. The molecule has 0 bridgehead atoms. The predicted octanol–water partition coefficient (Wildman–Crippen LogP) is 2.04. The standard InChI is InChI=1S/C17H23N5O2/c1-3-9-21(2)17(24)22-11-13(23)10-14(22)16-18-15(19-20-16)12-7-5-4-6-8-12/h4-8,13-14,23H,3,9-11H2,1-2H3,(H,18,19,20)/t13-,14+/m1/s1. The molecule has 0 saturated carbocycles. The van der Waals surface area contributed by atoms with E-state index in [9.17, 15) is 9.90 Å². The van der Waals surface area contributed by atoms with Crippen molar-refractivity contribution in [2.45, 2.75) is 31.9 Å². The molecule has 1 saturated heterocycles. The van der Waals surface area contributed by atoms with Gasteiger partial charge in [0.15, 0.2) is 5.82 Å². The maximum absolute atomic E-state index is 12.6. The van der Waals surface area contributed by atoms with Crippen molar-refractivity contribution in [1.82, 2.24) is 25.0 Å². The number of likely N-dealkylation sites (tertiary alicyclic amines) is 1. The Kier molecular flexibility index (Phi) is 4.80. The molecular formula is C17H23N5O2. The van der Waals surface area contributed by atoms with Crippen molar-refractivity contribution >= 4 is 6.03 Å².